The number of fused-ring (bicyclic) bond motifs is 3. The molecule has 0 heterocycles. The molecule has 0 bridgehead atoms. The van der Waals surface area contributed by atoms with E-state index in [-0.39, 0.29) is 22.9 Å². The zero-order valence-electron chi connectivity index (χ0n) is 18.2. The standard InChI is InChI=1S/C27H32O2/c1-5-26(6-2)24-14-10-9-13-22(24)23-16-15-21(17-25(23)26)27(18(3)28,19(4)29)20-11-7-8-12-20/h9-10,13-17,20H,5-8,11-12H2,1-4H3. The maximum Gasteiger partial charge on any atom is 0.148 e. The molecule has 0 radical (unpaired) electrons. The Morgan fingerprint density at radius 1 is 0.897 bits per heavy atom. The van der Waals surface area contributed by atoms with Crippen LogP contribution < -0.4 is 0 Å². The van der Waals surface area contributed by atoms with Crippen molar-refractivity contribution in [3.63, 3.8) is 0 Å². The van der Waals surface area contributed by atoms with Gasteiger partial charge in [0, 0.05) is 5.41 Å². The molecule has 0 amide bonds. The lowest BCUT2D eigenvalue weighted by molar-refractivity contribution is -0.135. The second-order valence-corrected chi connectivity index (χ2v) is 9.00. The van der Waals surface area contributed by atoms with E-state index in [9.17, 15) is 9.59 Å². The average Bonchev–Trinajstić information content (AvgIpc) is 3.33. The summed E-state index contributed by atoms with van der Waals surface area (Å²) in [6.07, 6.45) is 6.15. The third-order valence-corrected chi connectivity index (χ3v) is 8.01. The minimum absolute atomic E-state index is 0.00552. The van der Waals surface area contributed by atoms with Crippen molar-refractivity contribution in [2.75, 3.05) is 0 Å². The van der Waals surface area contributed by atoms with Crippen LogP contribution in [0.25, 0.3) is 11.1 Å². The molecule has 1 saturated carbocycles. The van der Waals surface area contributed by atoms with Crippen molar-refractivity contribution in [1.29, 1.82) is 0 Å². The van der Waals surface area contributed by atoms with Crippen LogP contribution in [0.4, 0.5) is 0 Å². The van der Waals surface area contributed by atoms with Crippen molar-refractivity contribution in [3.8, 4) is 11.1 Å². The van der Waals surface area contributed by atoms with Crippen LogP contribution in [0, 0.1) is 5.92 Å². The number of benzene rings is 2. The highest BCUT2D eigenvalue weighted by Crippen LogP contribution is 2.54. The molecule has 2 aromatic rings. The first-order chi connectivity index (χ1) is 13.9. The molecule has 0 saturated heterocycles. The van der Waals surface area contributed by atoms with Gasteiger partial charge in [-0.3, -0.25) is 9.59 Å². The van der Waals surface area contributed by atoms with Crippen molar-refractivity contribution >= 4 is 11.6 Å². The molecule has 2 heteroatoms. The molecule has 0 spiro atoms. The Kier molecular flexibility index (Phi) is 5.01. The first-order valence-corrected chi connectivity index (χ1v) is 11.2. The van der Waals surface area contributed by atoms with E-state index in [1.165, 1.54) is 22.3 Å². The van der Waals surface area contributed by atoms with E-state index >= 15 is 0 Å². The van der Waals surface area contributed by atoms with Crippen molar-refractivity contribution in [3.05, 3.63) is 59.2 Å². The molecule has 1 fully saturated rings. The Morgan fingerprint density at radius 3 is 2.07 bits per heavy atom. The maximum absolute atomic E-state index is 13.1. The van der Waals surface area contributed by atoms with Crippen LogP contribution in [0.1, 0.15) is 82.9 Å². The first kappa shape index (κ1) is 20.1. The van der Waals surface area contributed by atoms with E-state index < -0.39 is 5.41 Å². The Morgan fingerprint density at radius 2 is 1.48 bits per heavy atom. The van der Waals surface area contributed by atoms with Crippen molar-refractivity contribution in [1.82, 2.24) is 0 Å². The summed E-state index contributed by atoms with van der Waals surface area (Å²) in [5.41, 5.74) is 5.13. The van der Waals surface area contributed by atoms with Crippen LogP contribution in [-0.2, 0) is 20.4 Å². The maximum atomic E-state index is 13.1. The average molecular weight is 389 g/mol. The third-order valence-electron chi connectivity index (χ3n) is 8.01. The summed E-state index contributed by atoms with van der Waals surface area (Å²) < 4.78 is 0. The number of hydrogen-bond acceptors (Lipinski definition) is 2. The number of ketones is 2. The van der Waals surface area contributed by atoms with Gasteiger partial charge in [0.1, 0.15) is 17.0 Å². The molecule has 2 aliphatic rings. The highest BCUT2D eigenvalue weighted by Gasteiger charge is 2.51. The molecule has 0 N–H and O–H groups in total. The first-order valence-electron chi connectivity index (χ1n) is 11.2. The van der Waals surface area contributed by atoms with Crippen LogP contribution in [0.15, 0.2) is 42.5 Å². The molecule has 4 rings (SSSR count). The quantitative estimate of drug-likeness (QED) is 0.538. The summed E-state index contributed by atoms with van der Waals surface area (Å²) in [4.78, 5) is 26.2. The van der Waals surface area contributed by atoms with Crippen molar-refractivity contribution in [2.45, 2.75) is 77.0 Å². The summed E-state index contributed by atoms with van der Waals surface area (Å²) in [5, 5.41) is 0. The van der Waals surface area contributed by atoms with Gasteiger partial charge >= 0.3 is 0 Å². The molecule has 2 aromatic carbocycles. The van der Waals surface area contributed by atoms with Gasteiger partial charge < -0.3 is 0 Å². The second kappa shape index (κ2) is 7.23. The van der Waals surface area contributed by atoms with E-state index in [0.717, 1.165) is 44.1 Å². The minimum Gasteiger partial charge on any atom is -0.299 e. The van der Waals surface area contributed by atoms with Gasteiger partial charge in [-0.1, -0.05) is 69.2 Å². The van der Waals surface area contributed by atoms with Gasteiger partial charge in [-0.2, -0.15) is 0 Å². The van der Waals surface area contributed by atoms with Gasteiger partial charge in [-0.15, -0.1) is 0 Å². The molecule has 2 aliphatic carbocycles. The van der Waals surface area contributed by atoms with Crippen molar-refractivity contribution in [2.24, 2.45) is 5.92 Å². The normalized spacial score (nSPS) is 17.8. The molecular formula is C27H32O2. The molecule has 152 valence electrons. The Labute approximate surface area is 174 Å². The number of carbonyl (C=O) groups is 2. The van der Waals surface area contributed by atoms with E-state index in [2.05, 4.69) is 56.3 Å². The minimum atomic E-state index is -0.993. The predicted octanol–water partition coefficient (Wildman–Crippen LogP) is 6.38. The van der Waals surface area contributed by atoms with Gasteiger partial charge in [-0.25, -0.2) is 0 Å². The highest BCUT2D eigenvalue weighted by atomic mass is 16.2. The largest absolute Gasteiger partial charge is 0.299 e. The summed E-state index contributed by atoms with van der Waals surface area (Å²) in [6.45, 7) is 7.74. The van der Waals surface area contributed by atoms with Crippen LogP contribution in [-0.4, -0.2) is 11.6 Å². The van der Waals surface area contributed by atoms with Crippen molar-refractivity contribution < 1.29 is 9.59 Å². The van der Waals surface area contributed by atoms with Crippen LogP contribution in [0.2, 0.25) is 0 Å². The zero-order chi connectivity index (χ0) is 20.8. The number of carbonyl (C=O) groups excluding carboxylic acids is 2. The molecule has 0 unspecified atom stereocenters. The third kappa shape index (κ3) is 2.61. The van der Waals surface area contributed by atoms with Gasteiger partial charge in [-0.05, 0) is 73.3 Å². The molecule has 29 heavy (non-hydrogen) atoms. The monoisotopic (exact) mass is 388 g/mol. The van der Waals surface area contributed by atoms with Gasteiger partial charge in [0.05, 0.1) is 0 Å². The summed E-state index contributed by atoms with van der Waals surface area (Å²) in [5.74, 6) is 0.133. The van der Waals surface area contributed by atoms with Crippen LogP contribution in [0.5, 0.6) is 0 Å². The van der Waals surface area contributed by atoms with Crippen LogP contribution >= 0.6 is 0 Å². The van der Waals surface area contributed by atoms with Gasteiger partial charge in [0.2, 0.25) is 0 Å². The molecule has 2 nitrogen and oxygen atoms in total. The fraction of sp³-hybridized carbons (Fsp3) is 0.481. The summed E-state index contributed by atoms with van der Waals surface area (Å²) >= 11 is 0. The van der Waals surface area contributed by atoms with E-state index in [1.807, 2.05) is 0 Å². The predicted molar refractivity (Wildman–Crippen MR) is 118 cm³/mol. The lowest BCUT2D eigenvalue weighted by Crippen LogP contribution is -2.47. The smallest absolute Gasteiger partial charge is 0.148 e. The molecule has 0 aromatic heterocycles. The topological polar surface area (TPSA) is 34.1 Å². The fourth-order valence-electron chi connectivity index (χ4n) is 6.54. The zero-order valence-corrected chi connectivity index (χ0v) is 18.2. The van der Waals surface area contributed by atoms with E-state index in [4.69, 9.17) is 0 Å². The number of hydrogen-bond donors (Lipinski definition) is 0. The van der Waals surface area contributed by atoms with Crippen LogP contribution in [0.3, 0.4) is 0 Å². The fourth-order valence-corrected chi connectivity index (χ4v) is 6.54. The number of rotatable bonds is 6. The van der Waals surface area contributed by atoms with Gasteiger partial charge in [0.25, 0.3) is 0 Å². The molecular weight excluding hydrogens is 356 g/mol. The van der Waals surface area contributed by atoms with E-state index in [1.54, 1.807) is 13.8 Å². The molecule has 0 aliphatic heterocycles. The van der Waals surface area contributed by atoms with E-state index in [0.29, 0.717) is 0 Å². The Balaban J connectivity index is 1.98. The second-order valence-electron chi connectivity index (χ2n) is 9.00. The van der Waals surface area contributed by atoms with Gasteiger partial charge in [0.15, 0.2) is 0 Å². The summed E-state index contributed by atoms with van der Waals surface area (Å²) in [7, 11) is 0. The highest BCUT2D eigenvalue weighted by molar-refractivity contribution is 6.11. The molecule has 0 atom stereocenters. The Bertz CT molecular complexity index is 944. The summed E-state index contributed by atoms with van der Waals surface area (Å²) in [6, 6.07) is 15.2. The Hall–Kier alpha value is -2.22. The SMILES string of the molecule is CCC1(CC)c2ccccc2-c2ccc(C(C(C)=O)(C(C)=O)C3CCCC3)cc21. The lowest BCUT2D eigenvalue weighted by atomic mass is 9.63. The lowest BCUT2D eigenvalue weighted by Gasteiger charge is -2.37. The number of Topliss-reactive ketones (excluding diaryl/α,β-unsaturated/α-hetero) is 2.